The number of likely N-dealkylation sites (tertiary alicyclic amines) is 1. The standard InChI is InChI=1S/C13H15F2N5O2/c1-2-10-17-12(22-18-10)9-5-13(14,15)7-20(9)11(21)6-19-4-3-16-8-19/h3-4,8-9H,2,5-7H2,1H3/t9-/m0/s1. The molecule has 0 bridgehead atoms. The Labute approximate surface area is 124 Å². The fourth-order valence-electron chi connectivity index (χ4n) is 2.47. The van der Waals surface area contributed by atoms with Gasteiger partial charge in [0, 0.05) is 25.2 Å². The molecule has 1 aliphatic heterocycles. The molecular weight excluding hydrogens is 296 g/mol. The van der Waals surface area contributed by atoms with Crippen LogP contribution in [0.5, 0.6) is 0 Å². The largest absolute Gasteiger partial charge is 0.337 e. The summed E-state index contributed by atoms with van der Waals surface area (Å²) in [5.41, 5.74) is 0. The van der Waals surface area contributed by atoms with E-state index in [4.69, 9.17) is 4.52 Å². The summed E-state index contributed by atoms with van der Waals surface area (Å²) in [5, 5.41) is 3.71. The van der Waals surface area contributed by atoms with Crippen molar-refractivity contribution >= 4 is 5.91 Å². The van der Waals surface area contributed by atoms with E-state index in [1.165, 1.54) is 17.1 Å². The maximum Gasteiger partial charge on any atom is 0.267 e. The minimum Gasteiger partial charge on any atom is -0.337 e. The Hall–Kier alpha value is -2.32. The second kappa shape index (κ2) is 5.47. The molecule has 3 heterocycles. The van der Waals surface area contributed by atoms with Crippen molar-refractivity contribution in [1.82, 2.24) is 24.6 Å². The molecule has 2 aromatic heterocycles. The lowest BCUT2D eigenvalue weighted by molar-refractivity contribution is -0.134. The molecule has 1 fully saturated rings. The van der Waals surface area contributed by atoms with Crippen molar-refractivity contribution in [1.29, 1.82) is 0 Å². The van der Waals surface area contributed by atoms with Crippen molar-refractivity contribution in [3.05, 3.63) is 30.4 Å². The van der Waals surface area contributed by atoms with E-state index in [0.29, 0.717) is 12.2 Å². The normalized spacial score (nSPS) is 20.5. The molecule has 0 N–H and O–H groups in total. The van der Waals surface area contributed by atoms with Crippen LogP contribution in [0.1, 0.15) is 31.1 Å². The minimum atomic E-state index is -2.96. The molecule has 0 aromatic carbocycles. The molecule has 1 amide bonds. The van der Waals surface area contributed by atoms with Crippen LogP contribution in [0.25, 0.3) is 0 Å². The average Bonchev–Trinajstić information content (AvgIpc) is 3.17. The molecule has 1 atom stereocenters. The van der Waals surface area contributed by atoms with Crippen molar-refractivity contribution in [2.24, 2.45) is 0 Å². The Bertz CT molecular complexity index is 655. The number of halogens is 2. The van der Waals surface area contributed by atoms with E-state index in [1.807, 2.05) is 6.92 Å². The van der Waals surface area contributed by atoms with Gasteiger partial charge in [0.05, 0.1) is 12.9 Å². The summed E-state index contributed by atoms with van der Waals surface area (Å²) in [7, 11) is 0. The van der Waals surface area contributed by atoms with Crippen LogP contribution in [-0.4, -0.2) is 43.0 Å². The molecule has 22 heavy (non-hydrogen) atoms. The van der Waals surface area contributed by atoms with Crippen LogP contribution >= 0.6 is 0 Å². The number of carbonyl (C=O) groups is 1. The van der Waals surface area contributed by atoms with Gasteiger partial charge in [0.1, 0.15) is 12.6 Å². The smallest absolute Gasteiger partial charge is 0.267 e. The summed E-state index contributed by atoms with van der Waals surface area (Å²) < 4.78 is 34.1. The number of rotatable bonds is 4. The predicted molar refractivity (Wildman–Crippen MR) is 69.9 cm³/mol. The zero-order valence-electron chi connectivity index (χ0n) is 11.9. The number of carbonyl (C=O) groups excluding carboxylic acids is 1. The second-order valence-electron chi connectivity index (χ2n) is 5.23. The van der Waals surface area contributed by atoms with Crippen molar-refractivity contribution in [2.45, 2.75) is 38.3 Å². The van der Waals surface area contributed by atoms with E-state index >= 15 is 0 Å². The van der Waals surface area contributed by atoms with Gasteiger partial charge in [-0.2, -0.15) is 4.98 Å². The van der Waals surface area contributed by atoms with Gasteiger partial charge in [0.15, 0.2) is 5.82 Å². The van der Waals surface area contributed by atoms with Crippen LogP contribution < -0.4 is 0 Å². The first kappa shape index (κ1) is 14.6. The zero-order valence-corrected chi connectivity index (χ0v) is 11.9. The predicted octanol–water partition coefficient (Wildman–Crippen LogP) is 1.44. The first-order valence-corrected chi connectivity index (χ1v) is 6.94. The van der Waals surface area contributed by atoms with E-state index in [1.54, 1.807) is 6.20 Å². The lowest BCUT2D eigenvalue weighted by atomic mass is 10.2. The molecule has 1 saturated heterocycles. The molecule has 0 radical (unpaired) electrons. The third-order valence-electron chi connectivity index (χ3n) is 3.55. The summed E-state index contributed by atoms with van der Waals surface area (Å²) in [4.78, 5) is 21.3. The van der Waals surface area contributed by atoms with E-state index in [9.17, 15) is 13.6 Å². The molecule has 0 aliphatic carbocycles. The fourth-order valence-corrected chi connectivity index (χ4v) is 2.47. The minimum absolute atomic E-state index is 0.0542. The number of alkyl halides is 2. The summed E-state index contributed by atoms with van der Waals surface area (Å²) in [6.07, 6.45) is 4.62. The first-order valence-electron chi connectivity index (χ1n) is 6.94. The van der Waals surface area contributed by atoms with Crippen LogP contribution in [0.3, 0.4) is 0 Å². The second-order valence-corrected chi connectivity index (χ2v) is 5.23. The molecule has 9 heteroatoms. The number of aryl methyl sites for hydroxylation is 1. The lowest BCUT2D eigenvalue weighted by Crippen LogP contribution is -2.35. The number of amides is 1. The lowest BCUT2D eigenvalue weighted by Gasteiger charge is -2.21. The number of nitrogens with zero attached hydrogens (tertiary/aromatic N) is 5. The van der Waals surface area contributed by atoms with E-state index in [0.717, 1.165) is 4.90 Å². The molecule has 1 aliphatic rings. The van der Waals surface area contributed by atoms with Gasteiger partial charge in [-0.25, -0.2) is 13.8 Å². The molecule has 0 saturated carbocycles. The van der Waals surface area contributed by atoms with Gasteiger partial charge in [0.2, 0.25) is 11.8 Å². The third kappa shape index (κ3) is 2.83. The van der Waals surface area contributed by atoms with E-state index in [-0.39, 0.29) is 12.4 Å². The number of hydrogen-bond acceptors (Lipinski definition) is 5. The highest BCUT2D eigenvalue weighted by Gasteiger charge is 2.49. The van der Waals surface area contributed by atoms with Gasteiger partial charge in [-0.05, 0) is 0 Å². The zero-order chi connectivity index (χ0) is 15.7. The molecular formula is C13H15F2N5O2. The van der Waals surface area contributed by atoms with E-state index in [2.05, 4.69) is 15.1 Å². The highest BCUT2D eigenvalue weighted by molar-refractivity contribution is 5.77. The van der Waals surface area contributed by atoms with Crippen LogP contribution in [0.2, 0.25) is 0 Å². The maximum absolute atomic E-state index is 13.8. The van der Waals surface area contributed by atoms with Gasteiger partial charge < -0.3 is 14.0 Å². The van der Waals surface area contributed by atoms with Gasteiger partial charge in [-0.3, -0.25) is 4.79 Å². The Morgan fingerprint density at radius 2 is 2.36 bits per heavy atom. The Morgan fingerprint density at radius 3 is 3.00 bits per heavy atom. The average molecular weight is 311 g/mol. The Balaban J connectivity index is 1.81. The Kier molecular flexibility index (Phi) is 3.63. The van der Waals surface area contributed by atoms with Crippen LogP contribution in [0, 0.1) is 0 Å². The highest BCUT2D eigenvalue weighted by atomic mass is 19.3. The molecule has 118 valence electrons. The summed E-state index contributed by atoms with van der Waals surface area (Å²) in [5.74, 6) is -2.90. The molecule has 2 aromatic rings. The molecule has 3 rings (SSSR count). The highest BCUT2D eigenvalue weighted by Crippen LogP contribution is 2.40. The quantitative estimate of drug-likeness (QED) is 0.854. The van der Waals surface area contributed by atoms with Crippen LogP contribution in [-0.2, 0) is 17.8 Å². The summed E-state index contributed by atoms with van der Waals surface area (Å²) in [6.45, 7) is 1.14. The first-order chi connectivity index (χ1) is 10.5. The third-order valence-corrected chi connectivity index (χ3v) is 3.55. The monoisotopic (exact) mass is 311 g/mol. The molecule has 0 unspecified atom stereocenters. The van der Waals surface area contributed by atoms with Crippen molar-refractivity contribution in [3.8, 4) is 0 Å². The SMILES string of the molecule is CCc1noc([C@@H]2CC(F)(F)CN2C(=O)Cn2ccnc2)n1. The van der Waals surface area contributed by atoms with Gasteiger partial charge in [-0.15, -0.1) is 0 Å². The van der Waals surface area contributed by atoms with Crippen LogP contribution in [0.4, 0.5) is 8.78 Å². The fraction of sp³-hybridized carbons (Fsp3) is 0.538. The summed E-state index contributed by atoms with van der Waals surface area (Å²) in [6, 6.07) is -0.890. The Morgan fingerprint density at radius 1 is 1.55 bits per heavy atom. The van der Waals surface area contributed by atoms with Gasteiger partial charge in [-0.1, -0.05) is 12.1 Å². The van der Waals surface area contributed by atoms with Crippen molar-refractivity contribution in [2.75, 3.05) is 6.54 Å². The number of hydrogen-bond donors (Lipinski definition) is 0. The summed E-state index contributed by atoms with van der Waals surface area (Å²) >= 11 is 0. The number of imidazole rings is 1. The van der Waals surface area contributed by atoms with E-state index < -0.39 is 30.8 Å². The van der Waals surface area contributed by atoms with Gasteiger partial charge >= 0.3 is 0 Å². The topological polar surface area (TPSA) is 77.0 Å². The van der Waals surface area contributed by atoms with Crippen molar-refractivity contribution < 1.29 is 18.1 Å². The van der Waals surface area contributed by atoms with Crippen molar-refractivity contribution in [3.63, 3.8) is 0 Å². The maximum atomic E-state index is 13.8. The molecule has 7 nitrogen and oxygen atoms in total. The number of aromatic nitrogens is 4. The molecule has 0 spiro atoms. The van der Waals surface area contributed by atoms with Crippen LogP contribution in [0.15, 0.2) is 23.2 Å². The van der Waals surface area contributed by atoms with Gasteiger partial charge in [0.25, 0.3) is 5.92 Å².